The van der Waals surface area contributed by atoms with E-state index >= 15 is 0 Å². The van der Waals surface area contributed by atoms with Crippen molar-refractivity contribution in [1.29, 1.82) is 0 Å². The van der Waals surface area contributed by atoms with E-state index in [0.29, 0.717) is 30.2 Å². The molecule has 1 aliphatic rings. The van der Waals surface area contributed by atoms with Crippen molar-refractivity contribution in [2.45, 2.75) is 25.9 Å². The van der Waals surface area contributed by atoms with Gasteiger partial charge in [-0.05, 0) is 25.8 Å². The van der Waals surface area contributed by atoms with Crippen LogP contribution < -0.4 is 16.0 Å². The molecule has 1 saturated heterocycles. The smallest absolute Gasteiger partial charge is 0.391 e. The average Bonchev–Trinajstić information content (AvgIpc) is 2.80. The molecule has 0 saturated carbocycles. The summed E-state index contributed by atoms with van der Waals surface area (Å²) in [5, 5.41) is 3.43. The summed E-state index contributed by atoms with van der Waals surface area (Å²) in [5.41, 5.74) is 6.19. The third kappa shape index (κ3) is 3.61. The fourth-order valence-corrected chi connectivity index (χ4v) is 3.44. The van der Waals surface area contributed by atoms with Crippen LogP contribution in [0.4, 0.5) is 23.9 Å². The number of nitrogens with zero attached hydrogens (tertiary/aromatic N) is 1. The lowest BCUT2D eigenvalue weighted by Gasteiger charge is -2.33. The Morgan fingerprint density at radius 2 is 2.10 bits per heavy atom. The number of hydrogen-bond donors (Lipinski definition) is 2. The fraction of sp³-hybridized carbons (Fsp3) is 0.615. The number of anilines is 2. The minimum absolute atomic E-state index is 0.0811. The second-order valence-corrected chi connectivity index (χ2v) is 6.06. The highest BCUT2D eigenvalue weighted by atomic mass is 32.1. The molecule has 1 fully saturated rings. The standard InChI is InChI=1S/C13H18F3N3OS/c1-2-18-12(20)11-9(17)7-10(21-11)19-5-3-8(4-6-19)13(14,15)16/h7-8H,2-6,17H2,1H3,(H,18,20). The highest BCUT2D eigenvalue weighted by Crippen LogP contribution is 2.38. The van der Waals surface area contributed by atoms with E-state index in [1.165, 1.54) is 11.3 Å². The molecular weight excluding hydrogens is 303 g/mol. The Morgan fingerprint density at radius 3 is 2.62 bits per heavy atom. The zero-order valence-corrected chi connectivity index (χ0v) is 12.5. The molecule has 2 heterocycles. The second kappa shape index (κ2) is 6.13. The molecule has 21 heavy (non-hydrogen) atoms. The number of nitrogens with one attached hydrogen (secondary N) is 1. The first kappa shape index (κ1) is 15.9. The van der Waals surface area contributed by atoms with E-state index in [2.05, 4.69) is 5.32 Å². The Bertz CT molecular complexity index is 507. The Balaban J connectivity index is 2.04. The first-order chi connectivity index (χ1) is 9.82. The Morgan fingerprint density at radius 1 is 1.48 bits per heavy atom. The van der Waals surface area contributed by atoms with Crippen molar-refractivity contribution in [1.82, 2.24) is 5.32 Å². The first-order valence-electron chi connectivity index (χ1n) is 6.82. The van der Waals surface area contributed by atoms with Crippen molar-refractivity contribution in [3.05, 3.63) is 10.9 Å². The van der Waals surface area contributed by atoms with Crippen LogP contribution in [-0.2, 0) is 0 Å². The number of carbonyl (C=O) groups is 1. The van der Waals surface area contributed by atoms with Crippen molar-refractivity contribution in [2.24, 2.45) is 5.92 Å². The van der Waals surface area contributed by atoms with Crippen LogP contribution in [-0.4, -0.2) is 31.7 Å². The van der Waals surface area contributed by atoms with Gasteiger partial charge in [0.15, 0.2) is 0 Å². The van der Waals surface area contributed by atoms with Crippen LogP contribution in [0, 0.1) is 5.92 Å². The van der Waals surface area contributed by atoms with Crippen molar-refractivity contribution in [3.8, 4) is 0 Å². The molecule has 1 amide bonds. The van der Waals surface area contributed by atoms with Gasteiger partial charge in [-0.1, -0.05) is 0 Å². The number of rotatable bonds is 3. The van der Waals surface area contributed by atoms with Gasteiger partial charge in [0.1, 0.15) is 4.88 Å². The molecule has 0 atom stereocenters. The predicted octanol–water partition coefficient (Wildman–Crippen LogP) is 2.86. The Hall–Kier alpha value is -1.44. The number of nitrogens with two attached hydrogens (primary N) is 1. The maximum Gasteiger partial charge on any atom is 0.391 e. The second-order valence-electron chi connectivity index (χ2n) is 5.03. The van der Waals surface area contributed by atoms with Gasteiger partial charge < -0.3 is 16.0 Å². The van der Waals surface area contributed by atoms with Crippen LogP contribution in [0.5, 0.6) is 0 Å². The predicted molar refractivity (Wildman–Crippen MR) is 77.7 cm³/mol. The number of thiophene rings is 1. The molecular formula is C13H18F3N3OS. The van der Waals surface area contributed by atoms with Gasteiger partial charge in [-0.25, -0.2) is 0 Å². The highest BCUT2D eigenvalue weighted by molar-refractivity contribution is 7.18. The highest BCUT2D eigenvalue weighted by Gasteiger charge is 2.41. The SMILES string of the molecule is CCNC(=O)c1sc(N2CCC(C(F)(F)F)CC2)cc1N. The summed E-state index contributed by atoms with van der Waals surface area (Å²) in [6.07, 6.45) is -3.96. The van der Waals surface area contributed by atoms with E-state index in [1.54, 1.807) is 6.07 Å². The topological polar surface area (TPSA) is 58.4 Å². The maximum atomic E-state index is 12.6. The molecule has 4 nitrogen and oxygen atoms in total. The molecule has 0 aromatic carbocycles. The van der Waals surface area contributed by atoms with Crippen molar-refractivity contribution >= 4 is 27.9 Å². The number of piperidine rings is 1. The number of hydrogen-bond acceptors (Lipinski definition) is 4. The van der Waals surface area contributed by atoms with Gasteiger partial charge >= 0.3 is 6.18 Å². The number of carbonyl (C=O) groups excluding carboxylic acids is 1. The zero-order valence-electron chi connectivity index (χ0n) is 11.7. The molecule has 0 unspecified atom stereocenters. The van der Waals surface area contributed by atoms with Gasteiger partial charge in [0.2, 0.25) is 0 Å². The molecule has 3 N–H and O–H groups in total. The molecule has 0 spiro atoms. The van der Waals surface area contributed by atoms with Crippen LogP contribution in [0.3, 0.4) is 0 Å². The first-order valence-corrected chi connectivity index (χ1v) is 7.63. The van der Waals surface area contributed by atoms with Crippen LogP contribution in [0.2, 0.25) is 0 Å². The van der Waals surface area contributed by atoms with E-state index in [9.17, 15) is 18.0 Å². The van der Waals surface area contributed by atoms with Crippen LogP contribution in [0.25, 0.3) is 0 Å². The fourth-order valence-electron chi connectivity index (χ4n) is 2.39. The van der Waals surface area contributed by atoms with Gasteiger partial charge in [-0.15, -0.1) is 11.3 Å². The minimum atomic E-state index is -4.12. The largest absolute Gasteiger partial charge is 0.397 e. The summed E-state index contributed by atoms with van der Waals surface area (Å²) in [7, 11) is 0. The lowest BCUT2D eigenvalue weighted by molar-refractivity contribution is -0.179. The molecule has 8 heteroatoms. The van der Waals surface area contributed by atoms with Gasteiger partial charge in [0.25, 0.3) is 5.91 Å². The van der Waals surface area contributed by atoms with Gasteiger partial charge in [-0.2, -0.15) is 13.2 Å². The van der Waals surface area contributed by atoms with Crippen molar-refractivity contribution in [3.63, 3.8) is 0 Å². The lowest BCUT2D eigenvalue weighted by atomic mass is 9.96. The normalized spacial score (nSPS) is 17.0. The lowest BCUT2D eigenvalue weighted by Crippen LogP contribution is -2.38. The van der Waals surface area contributed by atoms with Gasteiger partial charge in [0, 0.05) is 19.6 Å². The molecule has 2 rings (SSSR count). The Kier molecular flexibility index (Phi) is 4.65. The molecule has 0 bridgehead atoms. The number of amides is 1. The summed E-state index contributed by atoms with van der Waals surface area (Å²) in [6.45, 7) is 2.98. The maximum absolute atomic E-state index is 12.6. The number of alkyl halides is 3. The molecule has 118 valence electrons. The van der Waals surface area contributed by atoms with E-state index in [1.807, 2.05) is 11.8 Å². The molecule has 0 aliphatic carbocycles. The van der Waals surface area contributed by atoms with Crippen LogP contribution in [0.1, 0.15) is 29.4 Å². The van der Waals surface area contributed by atoms with Gasteiger partial charge in [0.05, 0.1) is 16.6 Å². The third-order valence-corrected chi connectivity index (χ3v) is 4.77. The molecule has 1 aromatic rings. The average molecular weight is 321 g/mol. The van der Waals surface area contributed by atoms with Crippen molar-refractivity contribution < 1.29 is 18.0 Å². The summed E-state index contributed by atoms with van der Waals surface area (Å²) < 4.78 is 37.9. The van der Waals surface area contributed by atoms with Crippen molar-refractivity contribution in [2.75, 3.05) is 30.3 Å². The van der Waals surface area contributed by atoms with Crippen LogP contribution in [0.15, 0.2) is 6.07 Å². The van der Waals surface area contributed by atoms with E-state index in [4.69, 9.17) is 5.73 Å². The monoisotopic (exact) mass is 321 g/mol. The van der Waals surface area contributed by atoms with E-state index in [0.717, 1.165) is 5.00 Å². The van der Waals surface area contributed by atoms with Gasteiger partial charge in [-0.3, -0.25) is 4.79 Å². The zero-order chi connectivity index (χ0) is 15.6. The van der Waals surface area contributed by atoms with E-state index < -0.39 is 12.1 Å². The number of halogens is 3. The summed E-state index contributed by atoms with van der Waals surface area (Å²) in [5.74, 6) is -1.47. The van der Waals surface area contributed by atoms with Crippen LogP contribution >= 0.6 is 11.3 Å². The Labute approximate surface area is 125 Å². The minimum Gasteiger partial charge on any atom is -0.397 e. The molecule has 1 aromatic heterocycles. The summed E-state index contributed by atoms with van der Waals surface area (Å²) >= 11 is 1.23. The summed E-state index contributed by atoms with van der Waals surface area (Å²) in [6, 6.07) is 1.67. The molecule has 0 radical (unpaired) electrons. The quantitative estimate of drug-likeness (QED) is 0.900. The number of nitrogen functional groups attached to an aromatic ring is 1. The van der Waals surface area contributed by atoms with E-state index in [-0.39, 0.29) is 18.7 Å². The summed E-state index contributed by atoms with van der Waals surface area (Å²) in [4.78, 5) is 14.1. The third-order valence-electron chi connectivity index (χ3n) is 3.56. The molecule has 1 aliphatic heterocycles.